The van der Waals surface area contributed by atoms with Gasteiger partial charge in [0.25, 0.3) is 6.71 Å². The molecule has 0 saturated heterocycles. The summed E-state index contributed by atoms with van der Waals surface area (Å²) in [4.78, 5) is 7.42. The van der Waals surface area contributed by atoms with Crippen LogP contribution in [0, 0.1) is 6.85 Å². The molecule has 0 N–H and O–H groups in total. The van der Waals surface area contributed by atoms with Gasteiger partial charge >= 0.3 is 0 Å². The molecule has 0 saturated carbocycles. The SMILES string of the molecule is [2H]C([2H])([2H])c1cc2c3c(c1)N(c1ccc4c(c1)C(C)(C)CCC4(C)C)c1cc4c(cc1B3c1ccc(N(c3ccc(C(C)(C)C)cc3)c3ccc(C(C)(C)C)cc3)cc1N2c1cc2c(c(C(C)(C)C)c1)C(C)(C)c1ccccc1-2)C(C)(C)CCC4(C)C. The molecule has 13 rings (SSSR count). The minimum atomic E-state index is -2.43. The number of anilines is 9. The van der Waals surface area contributed by atoms with Crippen LogP contribution in [0.3, 0.4) is 0 Å². The molecule has 4 heteroatoms. The molecular weight excluding hydrogens is 1010 g/mol. The third kappa shape index (κ3) is 8.70. The molecule has 8 aromatic rings. The molecule has 430 valence electrons. The van der Waals surface area contributed by atoms with Crippen LogP contribution in [0.1, 0.15) is 217 Å². The highest BCUT2D eigenvalue weighted by molar-refractivity contribution is 7.00. The van der Waals surface area contributed by atoms with E-state index in [-0.39, 0.29) is 50.0 Å². The molecule has 0 atom stereocenters. The summed E-state index contributed by atoms with van der Waals surface area (Å²) in [7, 11) is 0. The van der Waals surface area contributed by atoms with Crippen LogP contribution in [0.4, 0.5) is 51.2 Å². The minimum Gasteiger partial charge on any atom is -0.311 e. The third-order valence-electron chi connectivity index (χ3n) is 21.1. The highest BCUT2D eigenvalue weighted by Gasteiger charge is 2.49. The summed E-state index contributed by atoms with van der Waals surface area (Å²) < 4.78 is 28.6. The number of hydrogen-bond acceptors (Lipinski definition) is 3. The van der Waals surface area contributed by atoms with E-state index in [0.29, 0.717) is 5.56 Å². The molecule has 84 heavy (non-hydrogen) atoms. The second kappa shape index (κ2) is 18.4. The maximum Gasteiger partial charge on any atom is 0.252 e. The van der Waals surface area contributed by atoms with E-state index >= 15 is 0 Å². The largest absolute Gasteiger partial charge is 0.311 e. The monoisotopic (exact) mass is 1110 g/mol. The van der Waals surface area contributed by atoms with E-state index < -0.39 is 6.85 Å². The summed E-state index contributed by atoms with van der Waals surface area (Å²) in [5.41, 5.74) is 27.0. The lowest BCUT2D eigenvalue weighted by atomic mass is 9.33. The van der Waals surface area contributed by atoms with Gasteiger partial charge < -0.3 is 14.7 Å². The van der Waals surface area contributed by atoms with Crippen molar-refractivity contribution in [2.24, 2.45) is 0 Å². The van der Waals surface area contributed by atoms with E-state index in [1.807, 2.05) is 0 Å². The molecule has 3 aliphatic carbocycles. The van der Waals surface area contributed by atoms with E-state index in [1.54, 1.807) is 0 Å². The lowest BCUT2D eigenvalue weighted by Gasteiger charge is -2.48. The summed E-state index contributed by atoms with van der Waals surface area (Å²) in [6.45, 7) is 42.2. The fraction of sp³-hybridized carbons (Fsp3) is 0.400. The molecule has 8 aromatic carbocycles. The summed E-state index contributed by atoms with van der Waals surface area (Å²) in [6, 6.07) is 56.0. The summed E-state index contributed by atoms with van der Waals surface area (Å²) in [5, 5.41) is 0. The third-order valence-corrected chi connectivity index (χ3v) is 21.1. The van der Waals surface area contributed by atoms with Crippen LogP contribution in [-0.4, -0.2) is 6.71 Å². The molecule has 0 unspecified atom stereocenters. The predicted octanol–water partition coefficient (Wildman–Crippen LogP) is 20.4. The molecule has 2 aliphatic heterocycles. The fourth-order valence-corrected chi connectivity index (χ4v) is 15.8. The Bertz CT molecular complexity index is 4080. The first-order valence-corrected chi connectivity index (χ1v) is 31.5. The van der Waals surface area contributed by atoms with Crippen molar-refractivity contribution in [3.63, 3.8) is 0 Å². The molecule has 5 aliphatic rings. The van der Waals surface area contributed by atoms with Gasteiger partial charge in [-0.05, 0) is 232 Å². The van der Waals surface area contributed by atoms with Crippen molar-refractivity contribution < 1.29 is 4.11 Å². The Morgan fingerprint density at radius 1 is 0.417 bits per heavy atom. The fourth-order valence-electron chi connectivity index (χ4n) is 15.8. The zero-order valence-corrected chi connectivity index (χ0v) is 54.1. The molecule has 0 spiro atoms. The number of aryl methyl sites for hydroxylation is 1. The van der Waals surface area contributed by atoms with Crippen molar-refractivity contribution in [3.05, 3.63) is 201 Å². The van der Waals surface area contributed by atoms with Crippen LogP contribution in [0.15, 0.2) is 146 Å². The van der Waals surface area contributed by atoms with Crippen molar-refractivity contribution in [1.29, 1.82) is 0 Å². The van der Waals surface area contributed by atoms with Gasteiger partial charge in [0.2, 0.25) is 0 Å². The molecule has 0 radical (unpaired) electrons. The lowest BCUT2D eigenvalue weighted by Crippen LogP contribution is -2.62. The molecule has 0 bridgehead atoms. The van der Waals surface area contributed by atoms with Gasteiger partial charge in [-0.2, -0.15) is 0 Å². The highest BCUT2D eigenvalue weighted by atomic mass is 15.2. The van der Waals surface area contributed by atoms with Gasteiger partial charge in [-0.3, -0.25) is 0 Å². The van der Waals surface area contributed by atoms with E-state index in [0.717, 1.165) is 82.3 Å². The zero-order valence-electron chi connectivity index (χ0n) is 57.1. The molecular formula is C80H92BN3. The normalized spacial score (nSPS) is 18.9. The molecule has 0 amide bonds. The first-order chi connectivity index (χ1) is 40.4. The van der Waals surface area contributed by atoms with Crippen molar-refractivity contribution in [1.82, 2.24) is 0 Å². The Morgan fingerprint density at radius 3 is 1.46 bits per heavy atom. The average Bonchev–Trinajstić information content (AvgIpc) is 0.964. The lowest BCUT2D eigenvalue weighted by molar-refractivity contribution is 0.332. The van der Waals surface area contributed by atoms with Crippen molar-refractivity contribution in [3.8, 4) is 11.1 Å². The first kappa shape index (κ1) is 52.8. The first-order valence-electron chi connectivity index (χ1n) is 33.0. The van der Waals surface area contributed by atoms with Crippen LogP contribution < -0.4 is 31.1 Å². The Hall–Kier alpha value is -6.78. The average molecular weight is 1110 g/mol. The highest BCUT2D eigenvalue weighted by Crippen LogP contribution is 2.57. The van der Waals surface area contributed by atoms with Crippen LogP contribution >= 0.6 is 0 Å². The molecule has 0 fully saturated rings. The van der Waals surface area contributed by atoms with Crippen molar-refractivity contribution in [2.75, 3.05) is 14.7 Å². The Morgan fingerprint density at radius 2 is 0.917 bits per heavy atom. The van der Waals surface area contributed by atoms with Gasteiger partial charge in [0, 0.05) is 60.7 Å². The van der Waals surface area contributed by atoms with Gasteiger partial charge in [-0.25, -0.2) is 0 Å². The summed E-state index contributed by atoms with van der Waals surface area (Å²) >= 11 is 0. The van der Waals surface area contributed by atoms with Crippen molar-refractivity contribution >= 4 is 74.3 Å². The maximum atomic E-state index is 9.52. The van der Waals surface area contributed by atoms with Crippen LogP contribution in [0.5, 0.6) is 0 Å². The Labute approximate surface area is 510 Å². The Kier molecular flexibility index (Phi) is 11.5. The summed E-state index contributed by atoms with van der Waals surface area (Å²) in [6.07, 6.45) is 4.38. The molecule has 0 aromatic heterocycles. The Balaban J connectivity index is 1.17. The zero-order chi connectivity index (χ0) is 62.5. The topological polar surface area (TPSA) is 9.72 Å². The maximum absolute atomic E-state index is 9.52. The van der Waals surface area contributed by atoms with E-state index in [4.69, 9.17) is 0 Å². The van der Waals surface area contributed by atoms with Gasteiger partial charge in [0.15, 0.2) is 0 Å². The number of nitrogens with zero attached hydrogens (tertiary/aromatic N) is 3. The second-order valence-electron chi connectivity index (χ2n) is 32.3. The standard InChI is InChI=1S/C80H92BN3/c1-49-41-69-72-70(42-49)84(56-43-58-57-23-21-22-24-59(57)80(19,20)71(58)64(45-56)75(8,9)10)67-46-55(82(52-29-25-50(26-30-52)73(2,3)4)53-31-27-51(28-32-53)74(5,6)7)34-36-65(67)81(72)66-47-62-63(79(17,18)40-39-78(62,15)16)48-68(66)83(69)54-33-35-60-61(44-54)77(13,14)38-37-76(60,11)12/h21-36,41-48H,37-40H2,1-20H3/i1D3. The molecule has 2 heterocycles. The number of benzene rings is 8. The summed E-state index contributed by atoms with van der Waals surface area (Å²) in [5.74, 6) is 0. The minimum absolute atomic E-state index is 0.0190. The predicted molar refractivity (Wildman–Crippen MR) is 364 cm³/mol. The van der Waals surface area contributed by atoms with E-state index in [1.165, 1.54) is 72.1 Å². The van der Waals surface area contributed by atoms with Gasteiger partial charge in [0.05, 0.1) is 0 Å². The van der Waals surface area contributed by atoms with E-state index in [9.17, 15) is 4.11 Å². The quantitative estimate of drug-likeness (QED) is 0.159. The van der Waals surface area contributed by atoms with Crippen LogP contribution in [0.2, 0.25) is 0 Å². The van der Waals surface area contributed by atoms with Gasteiger partial charge in [-0.1, -0.05) is 198 Å². The smallest absolute Gasteiger partial charge is 0.252 e. The number of rotatable bonds is 5. The van der Waals surface area contributed by atoms with Gasteiger partial charge in [0.1, 0.15) is 0 Å². The number of hydrogen-bond donors (Lipinski definition) is 0. The van der Waals surface area contributed by atoms with E-state index in [2.05, 4.69) is 292 Å². The second-order valence-corrected chi connectivity index (χ2v) is 32.3. The van der Waals surface area contributed by atoms with Gasteiger partial charge in [-0.15, -0.1) is 0 Å². The number of fused-ring (bicyclic) bond motifs is 9. The van der Waals surface area contributed by atoms with Crippen LogP contribution in [0.25, 0.3) is 11.1 Å². The van der Waals surface area contributed by atoms with Crippen molar-refractivity contribution in [2.45, 2.75) is 207 Å². The van der Waals surface area contributed by atoms with Crippen LogP contribution in [-0.2, 0) is 43.3 Å². The molecule has 3 nitrogen and oxygen atoms in total.